The summed E-state index contributed by atoms with van der Waals surface area (Å²) >= 11 is 0. The largest absolute Gasteiger partial charge is 0.399 e. The molecule has 1 rings (SSSR count). The first-order chi connectivity index (χ1) is 9.27. The van der Waals surface area contributed by atoms with Crippen molar-refractivity contribution in [3.05, 3.63) is 23.3 Å². The summed E-state index contributed by atoms with van der Waals surface area (Å²) in [4.78, 5) is 0.177. The second-order valence-electron chi connectivity index (χ2n) is 4.76. The molecular weight excluding hydrogens is 280 g/mol. The molecular formula is C13H22N2O4S. The number of nitrogen functional groups attached to an aromatic ring is 1. The van der Waals surface area contributed by atoms with Crippen LogP contribution in [0.5, 0.6) is 0 Å². The second-order valence-corrected chi connectivity index (χ2v) is 6.49. The summed E-state index contributed by atoms with van der Waals surface area (Å²) in [6.07, 6.45) is -0.403. The Morgan fingerprint density at radius 3 is 2.65 bits per heavy atom. The van der Waals surface area contributed by atoms with E-state index in [4.69, 9.17) is 10.5 Å². The van der Waals surface area contributed by atoms with Gasteiger partial charge in [0.1, 0.15) is 0 Å². The molecule has 114 valence electrons. The third kappa shape index (κ3) is 4.45. The van der Waals surface area contributed by atoms with Gasteiger partial charge in [-0.2, -0.15) is 0 Å². The van der Waals surface area contributed by atoms with Crippen molar-refractivity contribution in [1.29, 1.82) is 0 Å². The monoisotopic (exact) mass is 302 g/mol. The maximum absolute atomic E-state index is 12.2. The van der Waals surface area contributed by atoms with Gasteiger partial charge in [0.25, 0.3) is 0 Å². The number of methoxy groups -OCH3 is 1. The second kappa shape index (κ2) is 7.03. The highest BCUT2D eigenvalue weighted by molar-refractivity contribution is 7.89. The summed E-state index contributed by atoms with van der Waals surface area (Å²) in [5.41, 5.74) is 7.60. The number of benzene rings is 1. The zero-order valence-corrected chi connectivity index (χ0v) is 12.8. The maximum Gasteiger partial charge on any atom is 0.240 e. The first-order valence-electron chi connectivity index (χ1n) is 6.31. The molecule has 1 aromatic carbocycles. The number of ether oxygens (including phenoxy) is 1. The van der Waals surface area contributed by atoms with Gasteiger partial charge in [0.05, 0.1) is 17.6 Å². The summed E-state index contributed by atoms with van der Waals surface area (Å²) in [7, 11) is -2.15. The molecule has 0 bridgehead atoms. The van der Waals surface area contributed by atoms with Crippen molar-refractivity contribution >= 4 is 15.7 Å². The normalized spacial score (nSPS) is 13.4. The van der Waals surface area contributed by atoms with Crippen LogP contribution in [0.15, 0.2) is 17.0 Å². The quantitative estimate of drug-likeness (QED) is 0.639. The Kier molecular flexibility index (Phi) is 5.94. The van der Waals surface area contributed by atoms with Crippen LogP contribution in [0.25, 0.3) is 0 Å². The van der Waals surface area contributed by atoms with E-state index in [2.05, 4.69) is 4.72 Å². The fourth-order valence-corrected chi connectivity index (χ4v) is 3.24. The zero-order chi connectivity index (χ0) is 15.3. The van der Waals surface area contributed by atoms with E-state index in [0.29, 0.717) is 11.3 Å². The number of aliphatic hydroxyl groups excluding tert-OH is 1. The van der Waals surface area contributed by atoms with Gasteiger partial charge < -0.3 is 15.6 Å². The van der Waals surface area contributed by atoms with E-state index < -0.39 is 16.1 Å². The smallest absolute Gasteiger partial charge is 0.240 e. The summed E-state index contributed by atoms with van der Waals surface area (Å²) in [5, 5.41) is 9.48. The van der Waals surface area contributed by atoms with Crippen LogP contribution in [0.3, 0.4) is 0 Å². The van der Waals surface area contributed by atoms with Gasteiger partial charge in [-0.3, -0.25) is 0 Å². The molecule has 0 saturated carbocycles. The Hall–Kier alpha value is -1.15. The first-order valence-corrected chi connectivity index (χ1v) is 7.79. The number of sulfonamides is 1. The SMILES string of the molecule is COCC(O)CCNS(=O)(=O)c1cc(N)cc(C)c1C. The van der Waals surface area contributed by atoms with Crippen LogP contribution >= 0.6 is 0 Å². The molecule has 0 amide bonds. The minimum Gasteiger partial charge on any atom is -0.399 e. The molecule has 0 aliphatic carbocycles. The number of aliphatic hydroxyl groups is 1. The van der Waals surface area contributed by atoms with Crippen LogP contribution in [0.4, 0.5) is 5.69 Å². The molecule has 6 nitrogen and oxygen atoms in total. The fourth-order valence-electron chi connectivity index (χ4n) is 1.85. The molecule has 0 radical (unpaired) electrons. The molecule has 20 heavy (non-hydrogen) atoms. The number of nitrogens with one attached hydrogen (secondary N) is 1. The van der Waals surface area contributed by atoms with Crippen LogP contribution < -0.4 is 10.5 Å². The van der Waals surface area contributed by atoms with E-state index in [1.165, 1.54) is 13.2 Å². The highest BCUT2D eigenvalue weighted by Crippen LogP contribution is 2.22. The third-order valence-corrected chi connectivity index (χ3v) is 4.65. The number of hydrogen-bond donors (Lipinski definition) is 3. The minimum atomic E-state index is -3.63. The van der Waals surface area contributed by atoms with Gasteiger partial charge >= 0.3 is 0 Å². The van der Waals surface area contributed by atoms with Crippen LogP contribution in [-0.4, -0.2) is 39.9 Å². The lowest BCUT2D eigenvalue weighted by atomic mass is 10.1. The van der Waals surface area contributed by atoms with E-state index in [-0.39, 0.29) is 24.5 Å². The highest BCUT2D eigenvalue weighted by Gasteiger charge is 2.18. The summed E-state index contributed by atoms with van der Waals surface area (Å²) < 4.78 is 31.7. The average molecular weight is 302 g/mol. The van der Waals surface area contributed by atoms with Crippen molar-refractivity contribution in [2.75, 3.05) is 26.0 Å². The Labute approximate surface area is 120 Å². The van der Waals surface area contributed by atoms with Crippen molar-refractivity contribution in [2.24, 2.45) is 0 Å². The molecule has 0 aromatic heterocycles. The van der Waals surface area contributed by atoms with Crippen molar-refractivity contribution < 1.29 is 18.3 Å². The lowest BCUT2D eigenvalue weighted by Crippen LogP contribution is -2.29. The van der Waals surface area contributed by atoms with Gasteiger partial charge in [0.15, 0.2) is 0 Å². The van der Waals surface area contributed by atoms with Gasteiger partial charge in [0.2, 0.25) is 10.0 Å². The zero-order valence-electron chi connectivity index (χ0n) is 12.0. The summed E-state index contributed by atoms with van der Waals surface area (Å²) in [5.74, 6) is 0. The van der Waals surface area contributed by atoms with E-state index in [9.17, 15) is 13.5 Å². The molecule has 1 unspecified atom stereocenters. The molecule has 0 heterocycles. The molecule has 0 aliphatic rings. The van der Waals surface area contributed by atoms with Gasteiger partial charge in [-0.25, -0.2) is 13.1 Å². The standard InChI is InChI=1S/C13H22N2O4S/c1-9-6-11(14)7-13(10(9)2)20(17,18)15-5-4-12(16)8-19-3/h6-7,12,15-16H,4-5,8,14H2,1-3H3. The highest BCUT2D eigenvalue weighted by atomic mass is 32.2. The topological polar surface area (TPSA) is 102 Å². The van der Waals surface area contributed by atoms with E-state index in [1.54, 1.807) is 13.0 Å². The number of aryl methyl sites for hydroxylation is 1. The maximum atomic E-state index is 12.2. The minimum absolute atomic E-state index is 0.139. The van der Waals surface area contributed by atoms with Crippen LogP contribution in [0, 0.1) is 13.8 Å². The van der Waals surface area contributed by atoms with Crippen molar-refractivity contribution in [1.82, 2.24) is 4.72 Å². The number of nitrogens with two attached hydrogens (primary N) is 1. The summed E-state index contributed by atoms with van der Waals surface area (Å²) in [6.45, 7) is 3.87. The molecule has 0 spiro atoms. The average Bonchev–Trinajstić information content (AvgIpc) is 2.33. The Balaban J connectivity index is 2.80. The fraction of sp³-hybridized carbons (Fsp3) is 0.538. The Morgan fingerprint density at radius 1 is 1.40 bits per heavy atom. The molecule has 1 aromatic rings. The first kappa shape index (κ1) is 16.9. The van der Waals surface area contributed by atoms with E-state index in [1.807, 2.05) is 6.92 Å². The van der Waals surface area contributed by atoms with E-state index >= 15 is 0 Å². The van der Waals surface area contributed by atoms with Crippen LogP contribution in [-0.2, 0) is 14.8 Å². The molecule has 1 atom stereocenters. The van der Waals surface area contributed by atoms with Crippen molar-refractivity contribution in [3.8, 4) is 0 Å². The molecule has 7 heteroatoms. The van der Waals surface area contributed by atoms with Crippen molar-refractivity contribution in [2.45, 2.75) is 31.3 Å². The Bertz CT molecular complexity index is 558. The predicted molar refractivity (Wildman–Crippen MR) is 78.0 cm³/mol. The number of anilines is 1. The molecule has 4 N–H and O–H groups in total. The van der Waals surface area contributed by atoms with Gasteiger partial charge in [-0.05, 0) is 43.5 Å². The number of rotatable bonds is 7. The molecule has 0 aliphatic heterocycles. The predicted octanol–water partition coefficient (Wildman–Crippen LogP) is 0.561. The third-order valence-electron chi connectivity index (χ3n) is 3.06. The summed E-state index contributed by atoms with van der Waals surface area (Å²) in [6, 6.07) is 3.17. The van der Waals surface area contributed by atoms with Crippen LogP contribution in [0.2, 0.25) is 0 Å². The molecule has 0 saturated heterocycles. The van der Waals surface area contributed by atoms with Gasteiger partial charge in [0, 0.05) is 19.3 Å². The van der Waals surface area contributed by atoms with Gasteiger partial charge in [-0.1, -0.05) is 0 Å². The lowest BCUT2D eigenvalue weighted by Gasteiger charge is -2.13. The molecule has 0 fully saturated rings. The lowest BCUT2D eigenvalue weighted by molar-refractivity contribution is 0.0603. The van der Waals surface area contributed by atoms with E-state index in [0.717, 1.165) is 5.56 Å². The Morgan fingerprint density at radius 2 is 2.05 bits per heavy atom. The number of hydrogen-bond acceptors (Lipinski definition) is 5. The van der Waals surface area contributed by atoms with Crippen LogP contribution in [0.1, 0.15) is 17.5 Å². The van der Waals surface area contributed by atoms with Gasteiger partial charge in [-0.15, -0.1) is 0 Å². The van der Waals surface area contributed by atoms with Crippen molar-refractivity contribution in [3.63, 3.8) is 0 Å².